The molecule has 0 N–H and O–H groups in total. The van der Waals surface area contributed by atoms with E-state index in [4.69, 9.17) is 5.10 Å². The van der Waals surface area contributed by atoms with E-state index < -0.39 is 0 Å². The summed E-state index contributed by atoms with van der Waals surface area (Å²) < 4.78 is 0. The molecular weight excluding hydrogens is 352 g/mol. The molecule has 3 aromatic rings. The summed E-state index contributed by atoms with van der Waals surface area (Å²) in [5.41, 5.74) is 6.17. The highest BCUT2D eigenvalue weighted by molar-refractivity contribution is 6.01. The standard InChI is InChI=1S/C27H28N2/c1-2-3-10-23-16-19-26(20-17-23)29-27(24-13-8-5-9-14-24)21-25(28-29)18-15-22-11-6-4-7-12-22/h4-9,11-20,27H,2-3,10,21H2,1H3. The molecule has 0 radical (unpaired) electrons. The largest absolute Gasteiger partial charge is 0.257 e. The van der Waals surface area contributed by atoms with Crippen molar-refractivity contribution in [3.05, 3.63) is 108 Å². The minimum absolute atomic E-state index is 0.230. The molecule has 0 saturated heterocycles. The Kier molecular flexibility index (Phi) is 6.21. The van der Waals surface area contributed by atoms with Crippen molar-refractivity contribution < 1.29 is 0 Å². The predicted molar refractivity (Wildman–Crippen MR) is 124 cm³/mol. The summed E-state index contributed by atoms with van der Waals surface area (Å²) >= 11 is 0. The van der Waals surface area contributed by atoms with Crippen LogP contribution in [0.15, 0.2) is 96.1 Å². The Morgan fingerprint density at radius 3 is 2.24 bits per heavy atom. The van der Waals surface area contributed by atoms with E-state index in [0.29, 0.717) is 0 Å². The molecule has 1 atom stereocenters. The van der Waals surface area contributed by atoms with Crippen molar-refractivity contribution >= 4 is 17.5 Å². The van der Waals surface area contributed by atoms with Gasteiger partial charge in [0.25, 0.3) is 0 Å². The monoisotopic (exact) mass is 380 g/mol. The molecule has 0 spiro atoms. The Morgan fingerprint density at radius 2 is 1.55 bits per heavy atom. The van der Waals surface area contributed by atoms with Gasteiger partial charge >= 0.3 is 0 Å². The van der Waals surface area contributed by atoms with Gasteiger partial charge in [0.05, 0.1) is 17.4 Å². The Hall–Kier alpha value is -3.13. The van der Waals surface area contributed by atoms with Gasteiger partial charge in [0.2, 0.25) is 0 Å². The average molecular weight is 381 g/mol. The first-order valence-electron chi connectivity index (χ1n) is 10.6. The highest BCUT2D eigenvalue weighted by Crippen LogP contribution is 2.35. The second-order valence-electron chi connectivity index (χ2n) is 7.58. The van der Waals surface area contributed by atoms with Crippen LogP contribution >= 0.6 is 0 Å². The molecule has 0 aromatic heterocycles. The maximum atomic E-state index is 4.99. The number of hydrazone groups is 1. The Balaban J connectivity index is 1.59. The van der Waals surface area contributed by atoms with Crippen LogP contribution < -0.4 is 5.01 Å². The van der Waals surface area contributed by atoms with Crippen LogP contribution in [0.25, 0.3) is 6.08 Å². The summed E-state index contributed by atoms with van der Waals surface area (Å²) in [7, 11) is 0. The predicted octanol–water partition coefficient (Wildman–Crippen LogP) is 7.05. The van der Waals surface area contributed by atoms with Gasteiger partial charge in [-0.25, -0.2) is 0 Å². The molecule has 1 aliphatic heterocycles. The quantitative estimate of drug-likeness (QED) is 0.429. The zero-order valence-electron chi connectivity index (χ0n) is 17.0. The summed E-state index contributed by atoms with van der Waals surface area (Å²) in [6.07, 6.45) is 8.82. The van der Waals surface area contributed by atoms with Crippen LogP contribution in [-0.4, -0.2) is 5.71 Å². The van der Waals surface area contributed by atoms with Gasteiger partial charge in [-0.3, -0.25) is 5.01 Å². The Bertz CT molecular complexity index is 956. The van der Waals surface area contributed by atoms with Crippen LogP contribution in [0.2, 0.25) is 0 Å². The third kappa shape index (κ3) is 4.83. The SMILES string of the molecule is CCCCc1ccc(N2N=C(C=Cc3ccccc3)CC2c2ccccc2)cc1. The fraction of sp³-hybridized carbons (Fsp3) is 0.222. The van der Waals surface area contributed by atoms with Crippen LogP contribution in [-0.2, 0) is 6.42 Å². The topological polar surface area (TPSA) is 15.6 Å². The summed E-state index contributed by atoms with van der Waals surface area (Å²) in [4.78, 5) is 0. The lowest BCUT2D eigenvalue weighted by molar-refractivity contribution is 0.708. The molecular formula is C27H28N2. The summed E-state index contributed by atoms with van der Waals surface area (Å²) in [5, 5.41) is 7.17. The van der Waals surface area contributed by atoms with Crippen molar-refractivity contribution in [3.63, 3.8) is 0 Å². The van der Waals surface area contributed by atoms with Gasteiger partial charge in [-0.1, -0.05) is 92.2 Å². The molecule has 0 amide bonds. The molecule has 0 aliphatic carbocycles. The summed E-state index contributed by atoms with van der Waals surface area (Å²) in [6.45, 7) is 2.24. The fourth-order valence-electron chi connectivity index (χ4n) is 3.76. The van der Waals surface area contributed by atoms with Crippen molar-refractivity contribution in [2.45, 2.75) is 38.6 Å². The molecule has 1 heterocycles. The highest BCUT2D eigenvalue weighted by Gasteiger charge is 2.28. The van der Waals surface area contributed by atoms with Gasteiger partial charge in [0, 0.05) is 6.42 Å². The number of rotatable bonds is 7. The minimum atomic E-state index is 0.230. The van der Waals surface area contributed by atoms with Crippen LogP contribution in [0.3, 0.4) is 0 Å². The number of unbranched alkanes of at least 4 members (excludes halogenated alkanes) is 1. The number of allylic oxidation sites excluding steroid dienone is 1. The molecule has 29 heavy (non-hydrogen) atoms. The second kappa shape index (κ2) is 9.38. The van der Waals surface area contributed by atoms with Crippen LogP contribution in [0, 0.1) is 0 Å². The van der Waals surface area contributed by atoms with E-state index in [1.165, 1.54) is 29.5 Å². The zero-order valence-corrected chi connectivity index (χ0v) is 17.0. The smallest absolute Gasteiger partial charge is 0.0831 e. The van der Waals surface area contributed by atoms with Crippen LogP contribution in [0.4, 0.5) is 5.69 Å². The van der Waals surface area contributed by atoms with E-state index in [2.05, 4.69) is 103 Å². The molecule has 0 bridgehead atoms. The van der Waals surface area contributed by atoms with Crippen molar-refractivity contribution in [2.75, 3.05) is 5.01 Å². The Labute approximate surface area is 174 Å². The lowest BCUT2D eigenvalue weighted by atomic mass is 10.0. The van der Waals surface area contributed by atoms with E-state index in [9.17, 15) is 0 Å². The number of hydrogen-bond donors (Lipinski definition) is 0. The van der Waals surface area contributed by atoms with Gasteiger partial charge in [-0.05, 0) is 47.7 Å². The second-order valence-corrected chi connectivity index (χ2v) is 7.58. The normalized spacial score (nSPS) is 16.4. The van der Waals surface area contributed by atoms with E-state index in [0.717, 1.165) is 24.2 Å². The van der Waals surface area contributed by atoms with E-state index in [1.807, 2.05) is 6.07 Å². The molecule has 3 aromatic carbocycles. The van der Waals surface area contributed by atoms with Crippen LogP contribution in [0.1, 0.15) is 48.9 Å². The lowest BCUT2D eigenvalue weighted by Gasteiger charge is -2.24. The first kappa shape index (κ1) is 19.2. The van der Waals surface area contributed by atoms with Gasteiger partial charge in [-0.2, -0.15) is 5.10 Å². The third-order valence-corrected chi connectivity index (χ3v) is 5.41. The van der Waals surface area contributed by atoms with Gasteiger partial charge in [-0.15, -0.1) is 0 Å². The minimum Gasteiger partial charge on any atom is -0.257 e. The third-order valence-electron chi connectivity index (χ3n) is 5.41. The molecule has 4 rings (SSSR count). The molecule has 1 unspecified atom stereocenters. The molecule has 0 fully saturated rings. The summed E-state index contributed by atoms with van der Waals surface area (Å²) in [5.74, 6) is 0. The van der Waals surface area contributed by atoms with E-state index >= 15 is 0 Å². The first-order valence-corrected chi connectivity index (χ1v) is 10.6. The van der Waals surface area contributed by atoms with E-state index in [1.54, 1.807) is 0 Å². The molecule has 2 nitrogen and oxygen atoms in total. The molecule has 2 heteroatoms. The number of hydrogen-bond acceptors (Lipinski definition) is 2. The zero-order chi connectivity index (χ0) is 19.9. The highest BCUT2D eigenvalue weighted by atomic mass is 15.5. The molecule has 1 aliphatic rings. The van der Waals surface area contributed by atoms with Crippen molar-refractivity contribution in [3.8, 4) is 0 Å². The van der Waals surface area contributed by atoms with E-state index in [-0.39, 0.29) is 6.04 Å². The maximum Gasteiger partial charge on any atom is 0.0831 e. The lowest BCUT2D eigenvalue weighted by Crippen LogP contribution is -2.18. The van der Waals surface area contributed by atoms with Crippen molar-refractivity contribution in [1.29, 1.82) is 0 Å². The average Bonchev–Trinajstić information content (AvgIpc) is 3.22. The molecule has 146 valence electrons. The number of anilines is 1. The van der Waals surface area contributed by atoms with Gasteiger partial charge < -0.3 is 0 Å². The fourth-order valence-corrected chi connectivity index (χ4v) is 3.76. The van der Waals surface area contributed by atoms with Gasteiger partial charge in [0.1, 0.15) is 0 Å². The number of benzene rings is 3. The Morgan fingerprint density at radius 1 is 0.862 bits per heavy atom. The molecule has 0 saturated carbocycles. The van der Waals surface area contributed by atoms with Gasteiger partial charge in [0.15, 0.2) is 0 Å². The van der Waals surface area contributed by atoms with Crippen molar-refractivity contribution in [1.82, 2.24) is 0 Å². The maximum absolute atomic E-state index is 4.99. The number of nitrogens with zero attached hydrogens (tertiary/aromatic N) is 2. The van der Waals surface area contributed by atoms with Crippen molar-refractivity contribution in [2.24, 2.45) is 5.10 Å². The first-order chi connectivity index (χ1) is 14.3. The van der Waals surface area contributed by atoms with Crippen LogP contribution in [0.5, 0.6) is 0 Å². The number of aryl methyl sites for hydroxylation is 1. The summed E-state index contributed by atoms with van der Waals surface area (Å²) in [6, 6.07) is 30.3.